The maximum atomic E-state index is 9.37. The summed E-state index contributed by atoms with van der Waals surface area (Å²) in [6, 6.07) is 13.8. The van der Waals surface area contributed by atoms with Crippen LogP contribution in [-0.4, -0.2) is 24.3 Å². The Hall–Kier alpha value is -2.49. The van der Waals surface area contributed by atoms with Crippen LogP contribution < -0.4 is 14.9 Å². The molecule has 2 N–H and O–H groups in total. The zero-order valence-corrected chi connectivity index (χ0v) is 11.5. The van der Waals surface area contributed by atoms with Gasteiger partial charge in [0.25, 0.3) is 0 Å². The Kier molecular flexibility index (Phi) is 4.83. The lowest BCUT2D eigenvalue weighted by Crippen LogP contribution is -2.31. The Labute approximate surface area is 123 Å². The summed E-state index contributed by atoms with van der Waals surface area (Å²) in [7, 11) is -0.142. The standard InChI is InChI=1S/C15H14BNO4/c1-20-13-6-7-15(14(8-13)16(18)19)21-10-12-4-2-11(9-17)3-5-12/h2-8,18-19H,10H2,1H3. The fourth-order valence-electron chi connectivity index (χ4n) is 1.82. The van der Waals surface area contributed by atoms with Gasteiger partial charge in [-0.25, -0.2) is 0 Å². The molecule has 2 rings (SSSR count). The number of hydrogen-bond acceptors (Lipinski definition) is 5. The first-order valence-electron chi connectivity index (χ1n) is 6.30. The molecule has 0 bridgehead atoms. The first-order valence-corrected chi connectivity index (χ1v) is 6.30. The summed E-state index contributed by atoms with van der Waals surface area (Å²) in [6.07, 6.45) is 0. The third-order valence-electron chi connectivity index (χ3n) is 2.97. The van der Waals surface area contributed by atoms with Crippen LogP contribution in [0, 0.1) is 11.3 Å². The van der Waals surface area contributed by atoms with Gasteiger partial charge in [-0.05, 0) is 35.9 Å². The lowest BCUT2D eigenvalue weighted by atomic mass is 9.79. The molecule has 0 saturated carbocycles. The normalized spacial score (nSPS) is 9.81. The largest absolute Gasteiger partial charge is 0.497 e. The second kappa shape index (κ2) is 6.79. The molecule has 21 heavy (non-hydrogen) atoms. The Balaban J connectivity index is 2.13. The lowest BCUT2D eigenvalue weighted by Gasteiger charge is -2.12. The third-order valence-corrected chi connectivity index (χ3v) is 2.97. The molecule has 0 aromatic heterocycles. The summed E-state index contributed by atoms with van der Waals surface area (Å²) >= 11 is 0. The van der Waals surface area contributed by atoms with Gasteiger partial charge in [-0.15, -0.1) is 0 Å². The smallest absolute Gasteiger partial charge is 0.492 e. The lowest BCUT2D eigenvalue weighted by molar-refractivity contribution is 0.306. The van der Waals surface area contributed by atoms with E-state index in [0.29, 0.717) is 17.1 Å². The van der Waals surface area contributed by atoms with Gasteiger partial charge in [0.15, 0.2) is 0 Å². The van der Waals surface area contributed by atoms with E-state index in [0.717, 1.165) is 5.56 Å². The number of ether oxygens (including phenoxy) is 2. The second-order valence-corrected chi connectivity index (χ2v) is 4.37. The summed E-state index contributed by atoms with van der Waals surface area (Å²) < 4.78 is 10.6. The van der Waals surface area contributed by atoms with Crippen LogP contribution in [0.2, 0.25) is 0 Å². The Morgan fingerprint density at radius 2 is 1.86 bits per heavy atom. The Morgan fingerprint density at radius 3 is 2.43 bits per heavy atom. The van der Waals surface area contributed by atoms with Crippen molar-refractivity contribution in [3.8, 4) is 17.6 Å². The molecule has 0 heterocycles. The molecule has 106 valence electrons. The van der Waals surface area contributed by atoms with E-state index in [1.165, 1.54) is 13.2 Å². The summed E-state index contributed by atoms with van der Waals surface area (Å²) in [4.78, 5) is 0. The highest BCUT2D eigenvalue weighted by Crippen LogP contribution is 2.17. The predicted octanol–water partition coefficient (Wildman–Crippen LogP) is 0.826. The van der Waals surface area contributed by atoms with Crippen LogP contribution in [-0.2, 0) is 6.61 Å². The van der Waals surface area contributed by atoms with Gasteiger partial charge < -0.3 is 19.5 Å². The molecule has 0 atom stereocenters. The van der Waals surface area contributed by atoms with E-state index >= 15 is 0 Å². The van der Waals surface area contributed by atoms with Gasteiger partial charge in [0, 0.05) is 5.46 Å². The molecule has 0 aliphatic heterocycles. The van der Waals surface area contributed by atoms with Crippen LogP contribution in [0.3, 0.4) is 0 Å². The molecule has 0 fully saturated rings. The summed E-state index contributed by atoms with van der Waals surface area (Å²) in [6.45, 7) is 0.262. The number of nitriles is 1. The maximum Gasteiger partial charge on any atom is 0.492 e. The molecular formula is C15H14BNO4. The van der Waals surface area contributed by atoms with Crippen LogP contribution in [0.4, 0.5) is 0 Å². The maximum absolute atomic E-state index is 9.37. The van der Waals surface area contributed by atoms with E-state index in [2.05, 4.69) is 0 Å². The SMILES string of the molecule is COc1ccc(OCc2ccc(C#N)cc2)c(B(O)O)c1. The van der Waals surface area contributed by atoms with E-state index in [4.69, 9.17) is 14.7 Å². The van der Waals surface area contributed by atoms with Gasteiger partial charge in [0.1, 0.15) is 18.1 Å². The zero-order chi connectivity index (χ0) is 15.2. The minimum absolute atomic E-state index is 0.239. The van der Waals surface area contributed by atoms with E-state index < -0.39 is 7.12 Å². The quantitative estimate of drug-likeness (QED) is 0.794. The van der Waals surface area contributed by atoms with Crippen molar-refractivity contribution in [1.82, 2.24) is 0 Å². The molecule has 0 unspecified atom stereocenters. The van der Waals surface area contributed by atoms with Gasteiger partial charge >= 0.3 is 7.12 Å². The second-order valence-electron chi connectivity index (χ2n) is 4.37. The van der Waals surface area contributed by atoms with Crippen molar-refractivity contribution < 1.29 is 19.5 Å². The molecule has 2 aromatic rings. The van der Waals surface area contributed by atoms with E-state index in [-0.39, 0.29) is 12.1 Å². The monoisotopic (exact) mass is 283 g/mol. The molecule has 6 heteroatoms. The van der Waals surface area contributed by atoms with Crippen LogP contribution in [0.5, 0.6) is 11.5 Å². The minimum Gasteiger partial charge on any atom is -0.497 e. The topological polar surface area (TPSA) is 82.7 Å². The molecule has 0 spiro atoms. The molecule has 0 amide bonds. The van der Waals surface area contributed by atoms with E-state index in [1.807, 2.05) is 6.07 Å². The van der Waals surface area contributed by atoms with Gasteiger partial charge in [0.05, 0.1) is 18.7 Å². The molecule has 0 saturated heterocycles. The molecular weight excluding hydrogens is 269 g/mol. The van der Waals surface area contributed by atoms with Gasteiger partial charge in [-0.1, -0.05) is 12.1 Å². The number of methoxy groups -OCH3 is 1. The van der Waals surface area contributed by atoms with Crippen LogP contribution in [0.15, 0.2) is 42.5 Å². The Bertz CT molecular complexity index is 650. The fraction of sp³-hybridized carbons (Fsp3) is 0.133. The van der Waals surface area contributed by atoms with Crippen LogP contribution >= 0.6 is 0 Å². The Morgan fingerprint density at radius 1 is 1.14 bits per heavy atom. The molecule has 5 nitrogen and oxygen atoms in total. The summed E-state index contributed by atoms with van der Waals surface area (Å²) in [5.74, 6) is 0.888. The number of nitrogens with zero attached hydrogens (tertiary/aromatic N) is 1. The first-order chi connectivity index (χ1) is 10.1. The van der Waals surface area contributed by atoms with Gasteiger partial charge in [-0.2, -0.15) is 5.26 Å². The predicted molar refractivity (Wildman–Crippen MR) is 78.3 cm³/mol. The van der Waals surface area contributed by atoms with Crippen molar-refractivity contribution in [3.63, 3.8) is 0 Å². The highest BCUT2D eigenvalue weighted by molar-refractivity contribution is 6.59. The van der Waals surface area contributed by atoms with Gasteiger partial charge in [0.2, 0.25) is 0 Å². The first kappa shape index (κ1) is 14.9. The van der Waals surface area contributed by atoms with E-state index in [9.17, 15) is 10.0 Å². The fourth-order valence-corrected chi connectivity index (χ4v) is 1.82. The van der Waals surface area contributed by atoms with Crippen molar-refractivity contribution in [1.29, 1.82) is 5.26 Å². The number of rotatable bonds is 5. The highest BCUT2D eigenvalue weighted by Gasteiger charge is 2.18. The summed E-state index contributed by atoms with van der Waals surface area (Å²) in [5.41, 5.74) is 1.70. The molecule has 2 aromatic carbocycles. The minimum atomic E-state index is -1.64. The van der Waals surface area contributed by atoms with Crippen molar-refractivity contribution in [2.45, 2.75) is 6.61 Å². The molecule has 0 radical (unpaired) electrons. The van der Waals surface area contributed by atoms with Crippen molar-refractivity contribution in [3.05, 3.63) is 53.6 Å². The average molecular weight is 283 g/mol. The van der Waals surface area contributed by atoms with Crippen molar-refractivity contribution >= 4 is 12.6 Å². The average Bonchev–Trinajstić information content (AvgIpc) is 2.53. The zero-order valence-electron chi connectivity index (χ0n) is 11.5. The van der Waals surface area contributed by atoms with Crippen molar-refractivity contribution in [2.75, 3.05) is 7.11 Å². The van der Waals surface area contributed by atoms with Crippen molar-refractivity contribution in [2.24, 2.45) is 0 Å². The summed E-state index contributed by atoms with van der Waals surface area (Å²) in [5, 5.41) is 27.5. The van der Waals surface area contributed by atoms with E-state index in [1.54, 1.807) is 36.4 Å². The number of hydrogen-bond donors (Lipinski definition) is 2. The van der Waals surface area contributed by atoms with Crippen LogP contribution in [0.1, 0.15) is 11.1 Å². The van der Waals surface area contributed by atoms with Crippen LogP contribution in [0.25, 0.3) is 0 Å². The number of benzene rings is 2. The third kappa shape index (κ3) is 3.75. The molecule has 0 aliphatic rings. The molecule has 0 aliphatic carbocycles. The highest BCUT2D eigenvalue weighted by atomic mass is 16.5. The van der Waals surface area contributed by atoms with Gasteiger partial charge in [-0.3, -0.25) is 0 Å².